The van der Waals surface area contributed by atoms with E-state index in [0.29, 0.717) is 6.04 Å². The Labute approximate surface area is 113 Å². The summed E-state index contributed by atoms with van der Waals surface area (Å²) in [6.45, 7) is 4.17. The maximum absolute atomic E-state index is 4.29. The van der Waals surface area contributed by atoms with Crippen LogP contribution in [0.5, 0.6) is 0 Å². The molecule has 2 N–H and O–H groups in total. The molecule has 0 bridgehead atoms. The van der Waals surface area contributed by atoms with Crippen molar-refractivity contribution < 1.29 is 0 Å². The zero-order valence-corrected chi connectivity index (χ0v) is 11.9. The first-order valence-electron chi connectivity index (χ1n) is 7.18. The third-order valence-electron chi connectivity index (χ3n) is 4.47. The Bertz CT molecular complexity index is 376. The smallest absolute Gasteiger partial charge is 0.0798 e. The van der Waals surface area contributed by atoms with E-state index in [2.05, 4.69) is 22.5 Å². The molecule has 2 heterocycles. The lowest BCUT2D eigenvalue weighted by Crippen LogP contribution is -2.38. The van der Waals surface area contributed by atoms with Gasteiger partial charge in [-0.15, -0.1) is 11.3 Å². The van der Waals surface area contributed by atoms with Crippen molar-refractivity contribution in [3.8, 4) is 0 Å². The minimum Gasteiger partial charge on any atom is -0.310 e. The molecule has 100 valence electrons. The standard InChI is InChI=1S/C14H23N3S/c1-10-14(18-9-16-10)8-15-7-12-6-11-4-2-3-5-13(11)17-12/h9,11-13,15,17H,2-8H2,1H3. The molecule has 18 heavy (non-hydrogen) atoms. The highest BCUT2D eigenvalue weighted by Gasteiger charge is 2.34. The van der Waals surface area contributed by atoms with Gasteiger partial charge in [0.2, 0.25) is 0 Å². The predicted octanol–water partition coefficient (Wildman–Crippen LogP) is 2.46. The molecule has 3 atom stereocenters. The molecule has 2 aliphatic rings. The van der Waals surface area contributed by atoms with E-state index in [1.54, 1.807) is 11.3 Å². The monoisotopic (exact) mass is 265 g/mol. The number of fused-ring (bicyclic) bond motifs is 1. The van der Waals surface area contributed by atoms with Gasteiger partial charge in [-0.25, -0.2) is 4.98 Å². The van der Waals surface area contributed by atoms with Gasteiger partial charge in [-0.05, 0) is 32.1 Å². The Morgan fingerprint density at radius 2 is 2.33 bits per heavy atom. The molecule has 1 aliphatic heterocycles. The number of nitrogens with one attached hydrogen (secondary N) is 2. The average Bonchev–Trinajstić information content (AvgIpc) is 2.96. The molecule has 1 saturated heterocycles. The summed E-state index contributed by atoms with van der Waals surface area (Å²) in [4.78, 5) is 5.67. The van der Waals surface area contributed by atoms with Gasteiger partial charge in [-0.1, -0.05) is 12.8 Å². The SMILES string of the molecule is Cc1ncsc1CNCC1CC2CCCCC2N1. The maximum atomic E-state index is 4.29. The van der Waals surface area contributed by atoms with Crippen molar-refractivity contribution in [2.75, 3.05) is 6.54 Å². The summed E-state index contributed by atoms with van der Waals surface area (Å²) >= 11 is 1.76. The number of thiazole rings is 1. The molecule has 0 spiro atoms. The molecule has 3 nitrogen and oxygen atoms in total. The summed E-state index contributed by atoms with van der Waals surface area (Å²) in [5.41, 5.74) is 3.12. The van der Waals surface area contributed by atoms with Crippen LogP contribution in [0.25, 0.3) is 0 Å². The summed E-state index contributed by atoms with van der Waals surface area (Å²) in [5.74, 6) is 0.954. The highest BCUT2D eigenvalue weighted by molar-refractivity contribution is 7.09. The highest BCUT2D eigenvalue weighted by Crippen LogP contribution is 2.32. The van der Waals surface area contributed by atoms with Gasteiger partial charge in [0.05, 0.1) is 11.2 Å². The van der Waals surface area contributed by atoms with Crippen LogP contribution in [0.3, 0.4) is 0 Å². The predicted molar refractivity (Wildman–Crippen MR) is 75.8 cm³/mol. The Morgan fingerprint density at radius 1 is 1.44 bits per heavy atom. The lowest BCUT2D eigenvalue weighted by Gasteiger charge is -2.24. The quantitative estimate of drug-likeness (QED) is 0.878. The van der Waals surface area contributed by atoms with Crippen molar-refractivity contribution >= 4 is 11.3 Å². The van der Waals surface area contributed by atoms with Crippen LogP contribution < -0.4 is 10.6 Å². The molecule has 1 aromatic heterocycles. The van der Waals surface area contributed by atoms with Crippen molar-refractivity contribution in [2.24, 2.45) is 5.92 Å². The van der Waals surface area contributed by atoms with Gasteiger partial charge in [0.15, 0.2) is 0 Å². The van der Waals surface area contributed by atoms with E-state index >= 15 is 0 Å². The van der Waals surface area contributed by atoms with Crippen molar-refractivity contribution in [2.45, 2.75) is 57.7 Å². The summed E-state index contributed by atoms with van der Waals surface area (Å²) in [7, 11) is 0. The van der Waals surface area contributed by atoms with E-state index in [4.69, 9.17) is 0 Å². The topological polar surface area (TPSA) is 37.0 Å². The Kier molecular flexibility index (Phi) is 3.97. The number of hydrogen-bond acceptors (Lipinski definition) is 4. The van der Waals surface area contributed by atoms with Crippen LogP contribution in [0.4, 0.5) is 0 Å². The molecule has 1 aromatic rings. The third-order valence-corrected chi connectivity index (χ3v) is 5.40. The lowest BCUT2D eigenvalue weighted by molar-refractivity contribution is 0.325. The summed E-state index contributed by atoms with van der Waals surface area (Å²) in [6.07, 6.45) is 7.09. The zero-order valence-electron chi connectivity index (χ0n) is 11.1. The first-order chi connectivity index (χ1) is 8.83. The van der Waals surface area contributed by atoms with Crippen molar-refractivity contribution in [3.63, 3.8) is 0 Å². The van der Waals surface area contributed by atoms with E-state index in [-0.39, 0.29) is 0 Å². The van der Waals surface area contributed by atoms with Gasteiger partial charge in [0.25, 0.3) is 0 Å². The van der Waals surface area contributed by atoms with Crippen LogP contribution in [0.15, 0.2) is 5.51 Å². The Balaban J connectivity index is 1.43. The van der Waals surface area contributed by atoms with Crippen LogP contribution in [0.1, 0.15) is 42.7 Å². The average molecular weight is 265 g/mol. The second kappa shape index (κ2) is 5.68. The fourth-order valence-corrected chi connectivity index (χ4v) is 4.19. The van der Waals surface area contributed by atoms with E-state index in [1.807, 2.05) is 5.51 Å². The highest BCUT2D eigenvalue weighted by atomic mass is 32.1. The molecule has 0 amide bonds. The van der Waals surface area contributed by atoms with Crippen LogP contribution in [0, 0.1) is 12.8 Å². The fraction of sp³-hybridized carbons (Fsp3) is 0.786. The molecular weight excluding hydrogens is 242 g/mol. The largest absolute Gasteiger partial charge is 0.310 e. The van der Waals surface area contributed by atoms with Crippen molar-refractivity contribution in [1.29, 1.82) is 0 Å². The second-order valence-corrected chi connectivity index (χ2v) is 6.68. The molecule has 3 rings (SSSR count). The number of aromatic nitrogens is 1. The minimum atomic E-state index is 0.686. The summed E-state index contributed by atoms with van der Waals surface area (Å²) in [5, 5.41) is 7.40. The van der Waals surface area contributed by atoms with Crippen molar-refractivity contribution in [3.05, 3.63) is 16.1 Å². The molecule has 0 aromatic carbocycles. The first kappa shape index (κ1) is 12.6. The van der Waals surface area contributed by atoms with Gasteiger partial charge in [-0.3, -0.25) is 0 Å². The number of aryl methyl sites for hydroxylation is 1. The van der Waals surface area contributed by atoms with E-state index in [0.717, 1.165) is 25.0 Å². The number of hydrogen-bond donors (Lipinski definition) is 2. The molecule has 4 heteroatoms. The van der Waals surface area contributed by atoms with E-state index < -0.39 is 0 Å². The van der Waals surface area contributed by atoms with Gasteiger partial charge >= 0.3 is 0 Å². The summed E-state index contributed by atoms with van der Waals surface area (Å²) in [6, 6.07) is 1.50. The minimum absolute atomic E-state index is 0.686. The van der Waals surface area contributed by atoms with Gasteiger partial charge in [0.1, 0.15) is 0 Å². The Hall–Kier alpha value is -0.450. The number of rotatable bonds is 4. The van der Waals surface area contributed by atoms with Gasteiger partial charge in [0, 0.05) is 30.1 Å². The van der Waals surface area contributed by atoms with Crippen LogP contribution in [-0.2, 0) is 6.54 Å². The molecule has 1 saturated carbocycles. The zero-order chi connectivity index (χ0) is 12.4. The van der Waals surface area contributed by atoms with Gasteiger partial charge < -0.3 is 10.6 Å². The van der Waals surface area contributed by atoms with Gasteiger partial charge in [-0.2, -0.15) is 0 Å². The molecule has 2 fully saturated rings. The molecule has 0 radical (unpaired) electrons. The summed E-state index contributed by atoms with van der Waals surface area (Å²) < 4.78 is 0. The van der Waals surface area contributed by atoms with Crippen LogP contribution in [-0.4, -0.2) is 23.6 Å². The van der Waals surface area contributed by atoms with Crippen LogP contribution in [0.2, 0.25) is 0 Å². The molecular formula is C14H23N3S. The molecule has 3 unspecified atom stereocenters. The fourth-order valence-electron chi connectivity index (χ4n) is 3.44. The Morgan fingerprint density at radius 3 is 3.11 bits per heavy atom. The second-order valence-electron chi connectivity index (χ2n) is 5.74. The normalized spacial score (nSPS) is 31.5. The maximum Gasteiger partial charge on any atom is 0.0798 e. The number of nitrogens with zero attached hydrogens (tertiary/aromatic N) is 1. The molecule has 1 aliphatic carbocycles. The van der Waals surface area contributed by atoms with Crippen LogP contribution >= 0.6 is 11.3 Å². The van der Waals surface area contributed by atoms with Crippen molar-refractivity contribution in [1.82, 2.24) is 15.6 Å². The lowest BCUT2D eigenvalue weighted by atomic mass is 9.85. The first-order valence-corrected chi connectivity index (χ1v) is 8.06. The van der Waals surface area contributed by atoms with E-state index in [9.17, 15) is 0 Å². The van der Waals surface area contributed by atoms with E-state index in [1.165, 1.54) is 42.7 Å². The third kappa shape index (κ3) is 2.76.